The van der Waals surface area contributed by atoms with Crippen molar-refractivity contribution >= 4 is 28.5 Å². The number of urea groups is 1. The molecule has 6 nitrogen and oxygen atoms in total. The second-order valence-electron chi connectivity index (χ2n) is 4.71. The van der Waals surface area contributed by atoms with Crippen LogP contribution in [0.15, 0.2) is 5.38 Å². The van der Waals surface area contributed by atoms with Gasteiger partial charge in [0.25, 0.3) is 0 Å². The van der Waals surface area contributed by atoms with Crippen LogP contribution in [0.2, 0.25) is 0 Å². The molecule has 0 spiro atoms. The summed E-state index contributed by atoms with van der Waals surface area (Å²) >= 11 is 1.31. The molecule has 0 unspecified atom stereocenters. The monoisotopic (exact) mass is 297 g/mol. The van der Waals surface area contributed by atoms with Crippen LogP contribution in [-0.2, 0) is 16.0 Å². The fourth-order valence-corrected chi connectivity index (χ4v) is 2.90. The molecular weight excluding hydrogens is 278 g/mol. The third kappa shape index (κ3) is 4.48. The lowest BCUT2D eigenvalue weighted by Gasteiger charge is -2.11. The van der Waals surface area contributed by atoms with E-state index < -0.39 is 0 Å². The summed E-state index contributed by atoms with van der Waals surface area (Å²) in [7, 11) is 0. The van der Waals surface area contributed by atoms with Gasteiger partial charge in [0, 0.05) is 11.4 Å². The van der Waals surface area contributed by atoms with Crippen LogP contribution in [0.5, 0.6) is 0 Å². The van der Waals surface area contributed by atoms with Gasteiger partial charge in [0.2, 0.25) is 0 Å². The molecule has 1 saturated carbocycles. The van der Waals surface area contributed by atoms with Crippen LogP contribution in [-0.4, -0.2) is 29.6 Å². The smallest absolute Gasteiger partial charge is 0.321 e. The molecule has 2 rings (SSSR count). The number of thiazole rings is 1. The molecule has 0 saturated heterocycles. The Bertz CT molecular complexity index is 469. The van der Waals surface area contributed by atoms with E-state index in [0.29, 0.717) is 17.4 Å². The number of carbonyl (C=O) groups is 2. The van der Waals surface area contributed by atoms with Crippen LogP contribution in [0.4, 0.5) is 9.93 Å². The third-order valence-corrected chi connectivity index (χ3v) is 3.90. The van der Waals surface area contributed by atoms with E-state index in [9.17, 15) is 9.59 Å². The van der Waals surface area contributed by atoms with Crippen molar-refractivity contribution in [3.8, 4) is 0 Å². The molecule has 110 valence electrons. The first-order valence-corrected chi connectivity index (χ1v) is 7.73. The normalized spacial score (nSPS) is 15.1. The van der Waals surface area contributed by atoms with E-state index in [0.717, 1.165) is 12.8 Å². The van der Waals surface area contributed by atoms with Crippen LogP contribution in [0.3, 0.4) is 0 Å². The number of amides is 2. The first kappa shape index (κ1) is 14.8. The molecule has 1 heterocycles. The molecule has 7 heteroatoms. The van der Waals surface area contributed by atoms with E-state index in [2.05, 4.69) is 15.6 Å². The second-order valence-corrected chi connectivity index (χ2v) is 5.56. The van der Waals surface area contributed by atoms with Crippen molar-refractivity contribution in [3.63, 3.8) is 0 Å². The first-order chi connectivity index (χ1) is 9.67. The standard InChI is InChI=1S/C13H19N3O3S/c1-2-19-11(17)7-10-8-20-13(15-10)16-12(18)14-9-5-3-4-6-9/h8-9H,2-7H2,1H3,(H2,14,15,16,18). The Kier molecular flexibility index (Phi) is 5.34. The molecule has 1 aromatic rings. The van der Waals surface area contributed by atoms with Gasteiger partial charge in [-0.1, -0.05) is 12.8 Å². The molecule has 0 aliphatic heterocycles. The van der Waals surface area contributed by atoms with Crippen LogP contribution < -0.4 is 10.6 Å². The summed E-state index contributed by atoms with van der Waals surface area (Å²) in [5, 5.41) is 7.87. The first-order valence-electron chi connectivity index (χ1n) is 6.85. The highest BCUT2D eigenvalue weighted by Crippen LogP contribution is 2.19. The van der Waals surface area contributed by atoms with Crippen LogP contribution in [0, 0.1) is 0 Å². The number of nitrogens with one attached hydrogen (secondary N) is 2. The summed E-state index contributed by atoms with van der Waals surface area (Å²) in [5.74, 6) is -0.306. The van der Waals surface area contributed by atoms with Crippen molar-refractivity contribution in [2.75, 3.05) is 11.9 Å². The molecule has 20 heavy (non-hydrogen) atoms. The Morgan fingerprint density at radius 3 is 2.90 bits per heavy atom. The zero-order valence-corrected chi connectivity index (χ0v) is 12.3. The van der Waals surface area contributed by atoms with E-state index in [4.69, 9.17) is 4.74 Å². The Hall–Kier alpha value is -1.63. The van der Waals surface area contributed by atoms with E-state index in [1.807, 2.05) is 0 Å². The number of nitrogens with zero attached hydrogens (tertiary/aromatic N) is 1. The van der Waals surface area contributed by atoms with Crippen LogP contribution in [0.1, 0.15) is 38.3 Å². The maximum absolute atomic E-state index is 11.8. The van der Waals surface area contributed by atoms with Gasteiger partial charge in [0.05, 0.1) is 18.7 Å². The van der Waals surface area contributed by atoms with Gasteiger partial charge in [-0.25, -0.2) is 9.78 Å². The molecule has 2 N–H and O–H groups in total. The van der Waals surface area contributed by atoms with Gasteiger partial charge in [-0.2, -0.15) is 0 Å². The van der Waals surface area contributed by atoms with Gasteiger partial charge >= 0.3 is 12.0 Å². The molecule has 0 radical (unpaired) electrons. The number of hydrogen-bond donors (Lipinski definition) is 2. The zero-order chi connectivity index (χ0) is 14.4. The highest BCUT2D eigenvalue weighted by Gasteiger charge is 2.17. The SMILES string of the molecule is CCOC(=O)Cc1csc(NC(=O)NC2CCCC2)n1. The van der Waals surface area contributed by atoms with Crippen molar-refractivity contribution in [2.24, 2.45) is 0 Å². The lowest BCUT2D eigenvalue weighted by Crippen LogP contribution is -2.36. The molecule has 0 bridgehead atoms. The third-order valence-electron chi connectivity index (χ3n) is 3.09. The van der Waals surface area contributed by atoms with Crippen molar-refractivity contribution in [1.29, 1.82) is 0 Å². The van der Waals surface area contributed by atoms with E-state index in [1.54, 1.807) is 12.3 Å². The molecule has 0 atom stereocenters. The Balaban J connectivity index is 1.79. The highest BCUT2D eigenvalue weighted by atomic mass is 32.1. The molecule has 0 aromatic carbocycles. The second kappa shape index (κ2) is 7.23. The van der Waals surface area contributed by atoms with E-state index in [1.165, 1.54) is 24.2 Å². The molecule has 1 fully saturated rings. The molecule has 2 amide bonds. The topological polar surface area (TPSA) is 80.3 Å². The van der Waals surface area contributed by atoms with Gasteiger partial charge in [0.1, 0.15) is 0 Å². The predicted octanol–water partition coefficient (Wildman–Crippen LogP) is 2.31. The molecular formula is C13H19N3O3S. The number of esters is 1. The van der Waals surface area contributed by atoms with Gasteiger partial charge in [0.15, 0.2) is 5.13 Å². The summed E-state index contributed by atoms with van der Waals surface area (Å²) in [5.41, 5.74) is 0.615. The summed E-state index contributed by atoms with van der Waals surface area (Å²) in [6, 6.07) is 0.0444. The number of hydrogen-bond acceptors (Lipinski definition) is 5. The molecule has 1 aliphatic carbocycles. The Morgan fingerprint density at radius 1 is 1.45 bits per heavy atom. The number of anilines is 1. The zero-order valence-electron chi connectivity index (χ0n) is 11.5. The number of rotatable bonds is 5. The van der Waals surface area contributed by atoms with Crippen molar-refractivity contribution in [1.82, 2.24) is 10.3 Å². The maximum Gasteiger partial charge on any atom is 0.321 e. The lowest BCUT2D eigenvalue weighted by atomic mass is 10.3. The largest absolute Gasteiger partial charge is 0.466 e. The van der Waals surface area contributed by atoms with Gasteiger partial charge in [-0.3, -0.25) is 10.1 Å². The van der Waals surface area contributed by atoms with Crippen molar-refractivity contribution in [2.45, 2.75) is 45.1 Å². The lowest BCUT2D eigenvalue weighted by molar-refractivity contribution is -0.142. The highest BCUT2D eigenvalue weighted by molar-refractivity contribution is 7.13. The van der Waals surface area contributed by atoms with E-state index >= 15 is 0 Å². The minimum absolute atomic E-state index is 0.135. The number of aromatic nitrogens is 1. The summed E-state index contributed by atoms with van der Waals surface area (Å²) in [6.07, 6.45) is 4.56. The van der Waals surface area contributed by atoms with Crippen LogP contribution in [0.25, 0.3) is 0 Å². The molecule has 1 aliphatic rings. The summed E-state index contributed by atoms with van der Waals surface area (Å²) in [6.45, 7) is 2.12. The maximum atomic E-state index is 11.8. The van der Waals surface area contributed by atoms with Crippen molar-refractivity contribution < 1.29 is 14.3 Å². The number of carbonyl (C=O) groups excluding carboxylic acids is 2. The van der Waals surface area contributed by atoms with E-state index in [-0.39, 0.29) is 24.5 Å². The minimum atomic E-state index is -0.306. The predicted molar refractivity (Wildman–Crippen MR) is 76.9 cm³/mol. The average molecular weight is 297 g/mol. The Morgan fingerprint density at radius 2 is 2.20 bits per heavy atom. The average Bonchev–Trinajstić information content (AvgIpc) is 3.02. The van der Waals surface area contributed by atoms with Crippen molar-refractivity contribution in [3.05, 3.63) is 11.1 Å². The Labute approximate surface area is 121 Å². The summed E-state index contributed by atoms with van der Waals surface area (Å²) in [4.78, 5) is 27.3. The number of ether oxygens (including phenoxy) is 1. The quantitative estimate of drug-likeness (QED) is 0.817. The fourth-order valence-electron chi connectivity index (χ4n) is 2.19. The summed E-state index contributed by atoms with van der Waals surface area (Å²) < 4.78 is 4.85. The minimum Gasteiger partial charge on any atom is -0.466 e. The van der Waals surface area contributed by atoms with Crippen LogP contribution >= 0.6 is 11.3 Å². The van der Waals surface area contributed by atoms with Gasteiger partial charge in [-0.05, 0) is 19.8 Å². The fraction of sp³-hybridized carbons (Fsp3) is 0.615. The molecule has 1 aromatic heterocycles. The van der Waals surface area contributed by atoms with Gasteiger partial charge < -0.3 is 10.1 Å². The van der Waals surface area contributed by atoms with Gasteiger partial charge in [-0.15, -0.1) is 11.3 Å².